The molecule has 1 aromatic heterocycles. The van der Waals surface area contributed by atoms with Crippen LogP contribution in [0.2, 0.25) is 0 Å². The van der Waals surface area contributed by atoms with Gasteiger partial charge in [-0.15, -0.1) is 0 Å². The van der Waals surface area contributed by atoms with Crippen molar-refractivity contribution in [2.24, 2.45) is 0 Å². The number of hydrogen-bond acceptors (Lipinski definition) is 6. The van der Waals surface area contributed by atoms with Crippen LogP contribution in [0, 0.1) is 6.92 Å². The molecule has 1 unspecified atom stereocenters. The van der Waals surface area contributed by atoms with Crippen LogP contribution in [-0.2, 0) is 14.8 Å². The molecule has 2 aromatic rings. The molecule has 1 atom stereocenters. The third-order valence-corrected chi connectivity index (χ3v) is 6.06. The number of nitrogens with zero attached hydrogens (tertiary/aromatic N) is 1. The summed E-state index contributed by atoms with van der Waals surface area (Å²) >= 11 is 0. The van der Waals surface area contributed by atoms with Gasteiger partial charge in [0.25, 0.3) is 0 Å². The Morgan fingerprint density at radius 1 is 1.26 bits per heavy atom. The molecule has 0 amide bonds. The van der Waals surface area contributed by atoms with Crippen molar-refractivity contribution in [1.29, 1.82) is 0 Å². The number of sulfonamides is 1. The zero-order valence-corrected chi connectivity index (χ0v) is 16.9. The number of nitrogens with one attached hydrogen (secondary N) is 1. The van der Waals surface area contributed by atoms with Gasteiger partial charge in [-0.2, -0.15) is 0 Å². The predicted molar refractivity (Wildman–Crippen MR) is 102 cm³/mol. The van der Waals surface area contributed by atoms with Crippen LogP contribution < -0.4 is 4.72 Å². The second-order valence-corrected chi connectivity index (χ2v) is 7.81. The van der Waals surface area contributed by atoms with E-state index in [-0.39, 0.29) is 23.0 Å². The smallest absolute Gasteiger partial charge is 0.337 e. The van der Waals surface area contributed by atoms with Crippen LogP contribution in [0.5, 0.6) is 0 Å². The summed E-state index contributed by atoms with van der Waals surface area (Å²) in [7, 11) is -2.56. The van der Waals surface area contributed by atoms with Crippen LogP contribution in [0.25, 0.3) is 0 Å². The summed E-state index contributed by atoms with van der Waals surface area (Å²) < 4.78 is 38.6. The van der Waals surface area contributed by atoms with E-state index >= 15 is 0 Å². The Morgan fingerprint density at radius 2 is 1.96 bits per heavy atom. The molecule has 0 aliphatic rings. The predicted octanol–water partition coefficient (Wildman–Crippen LogP) is 2.74. The molecule has 2 rings (SSSR count). The van der Waals surface area contributed by atoms with E-state index in [1.807, 2.05) is 19.9 Å². The van der Waals surface area contributed by atoms with Gasteiger partial charge in [0, 0.05) is 6.54 Å². The quantitative estimate of drug-likeness (QED) is 0.658. The molecule has 8 heteroatoms. The molecular formula is C19H26N2O5S. The Hall–Kier alpha value is -2.16. The molecule has 0 saturated heterocycles. The molecular weight excluding hydrogens is 368 g/mol. The number of benzene rings is 1. The third kappa shape index (κ3) is 4.97. The van der Waals surface area contributed by atoms with Gasteiger partial charge in [-0.25, -0.2) is 17.9 Å². The molecule has 1 heterocycles. The lowest BCUT2D eigenvalue weighted by molar-refractivity contribution is 0.0600. The normalized spacial score (nSPS) is 12.9. The first kappa shape index (κ1) is 21.1. The van der Waals surface area contributed by atoms with Crippen molar-refractivity contribution >= 4 is 16.0 Å². The zero-order valence-electron chi connectivity index (χ0n) is 16.1. The Balaban J connectivity index is 2.28. The van der Waals surface area contributed by atoms with Crippen molar-refractivity contribution in [3.8, 4) is 0 Å². The molecule has 148 valence electrons. The molecule has 27 heavy (non-hydrogen) atoms. The lowest BCUT2D eigenvalue weighted by atomic mass is 10.1. The summed E-state index contributed by atoms with van der Waals surface area (Å²) in [5.74, 6) is 0.115. The number of carbonyl (C=O) groups is 1. The SMILES string of the molecule is CCN(CC)C(CNS(=O)(=O)c1cc(C(=O)OC)ccc1C)c1ccco1. The molecule has 0 aliphatic heterocycles. The number of methoxy groups -OCH3 is 1. The third-order valence-electron chi connectivity index (χ3n) is 4.49. The maximum atomic E-state index is 12.9. The van der Waals surface area contributed by atoms with E-state index in [1.165, 1.54) is 13.2 Å². The van der Waals surface area contributed by atoms with Crippen molar-refractivity contribution in [1.82, 2.24) is 9.62 Å². The lowest BCUT2D eigenvalue weighted by Crippen LogP contribution is -2.38. The first-order chi connectivity index (χ1) is 12.8. The number of hydrogen-bond donors (Lipinski definition) is 1. The van der Waals surface area contributed by atoms with Gasteiger partial charge in [-0.1, -0.05) is 19.9 Å². The number of furan rings is 1. The highest BCUT2D eigenvalue weighted by molar-refractivity contribution is 7.89. The summed E-state index contributed by atoms with van der Waals surface area (Å²) in [6.07, 6.45) is 1.57. The van der Waals surface area contributed by atoms with Crippen LogP contribution in [0.3, 0.4) is 0 Å². The lowest BCUT2D eigenvalue weighted by Gasteiger charge is -2.28. The Morgan fingerprint density at radius 3 is 2.52 bits per heavy atom. The van der Waals surface area contributed by atoms with Crippen LogP contribution >= 0.6 is 0 Å². The van der Waals surface area contributed by atoms with E-state index in [9.17, 15) is 13.2 Å². The highest BCUT2D eigenvalue weighted by Crippen LogP contribution is 2.22. The summed E-state index contributed by atoms with van der Waals surface area (Å²) in [6, 6.07) is 7.86. The van der Waals surface area contributed by atoms with Crippen LogP contribution in [0.15, 0.2) is 45.9 Å². The monoisotopic (exact) mass is 394 g/mol. The molecule has 0 fully saturated rings. The fourth-order valence-electron chi connectivity index (χ4n) is 2.96. The minimum atomic E-state index is -3.82. The van der Waals surface area contributed by atoms with Gasteiger partial charge in [0.2, 0.25) is 10.0 Å². The molecule has 0 spiro atoms. The van der Waals surface area contributed by atoms with E-state index in [2.05, 4.69) is 14.4 Å². The highest BCUT2D eigenvalue weighted by atomic mass is 32.2. The fourth-order valence-corrected chi connectivity index (χ4v) is 4.26. The van der Waals surface area contributed by atoms with E-state index in [0.717, 1.165) is 13.1 Å². The Bertz CT molecular complexity index is 858. The number of carbonyl (C=O) groups excluding carboxylic acids is 1. The first-order valence-corrected chi connectivity index (χ1v) is 10.3. The maximum absolute atomic E-state index is 12.9. The van der Waals surface area contributed by atoms with Gasteiger partial charge in [-0.3, -0.25) is 4.90 Å². The van der Waals surface area contributed by atoms with Gasteiger partial charge >= 0.3 is 5.97 Å². The summed E-state index contributed by atoms with van der Waals surface area (Å²) in [6.45, 7) is 7.36. The molecule has 1 N–H and O–H groups in total. The van der Waals surface area contributed by atoms with Gasteiger partial charge in [-0.05, 0) is 49.8 Å². The van der Waals surface area contributed by atoms with Gasteiger partial charge in [0.15, 0.2) is 0 Å². The van der Waals surface area contributed by atoms with Gasteiger partial charge in [0.1, 0.15) is 5.76 Å². The number of likely N-dealkylation sites (N-methyl/N-ethyl adjacent to an activating group) is 1. The molecule has 0 saturated carbocycles. The van der Waals surface area contributed by atoms with Crippen LogP contribution in [-0.4, -0.2) is 46.0 Å². The molecule has 1 aromatic carbocycles. The molecule has 7 nitrogen and oxygen atoms in total. The average molecular weight is 394 g/mol. The minimum Gasteiger partial charge on any atom is -0.468 e. The van der Waals surface area contributed by atoms with Crippen molar-refractivity contribution < 1.29 is 22.4 Å². The second kappa shape index (κ2) is 9.16. The van der Waals surface area contributed by atoms with E-state index in [4.69, 9.17) is 4.42 Å². The molecule has 0 aliphatic carbocycles. The summed E-state index contributed by atoms with van der Waals surface area (Å²) in [5, 5.41) is 0. The highest BCUT2D eigenvalue weighted by Gasteiger charge is 2.25. The van der Waals surface area contributed by atoms with Crippen molar-refractivity contribution in [2.45, 2.75) is 31.7 Å². The number of aryl methyl sites for hydroxylation is 1. The fraction of sp³-hybridized carbons (Fsp3) is 0.421. The maximum Gasteiger partial charge on any atom is 0.337 e. The number of rotatable bonds is 9. The summed E-state index contributed by atoms with van der Waals surface area (Å²) in [4.78, 5) is 13.9. The van der Waals surface area contributed by atoms with Crippen molar-refractivity contribution in [3.05, 3.63) is 53.5 Å². The Labute approximate surface area is 160 Å². The van der Waals surface area contributed by atoms with Gasteiger partial charge in [0.05, 0.1) is 29.9 Å². The van der Waals surface area contributed by atoms with E-state index in [0.29, 0.717) is 11.3 Å². The first-order valence-electron chi connectivity index (χ1n) is 8.80. The average Bonchev–Trinajstić information content (AvgIpc) is 3.19. The number of esters is 1. The standard InChI is InChI=1S/C19H26N2O5S/c1-5-21(6-2)16(17-8-7-11-26-17)13-20-27(23,24)18-12-15(19(22)25-4)10-9-14(18)3/h7-12,16,20H,5-6,13H2,1-4H3. The topological polar surface area (TPSA) is 88.9 Å². The zero-order chi connectivity index (χ0) is 20.0. The molecule has 0 radical (unpaired) electrons. The summed E-state index contributed by atoms with van der Waals surface area (Å²) in [5.41, 5.74) is 0.738. The second-order valence-electron chi connectivity index (χ2n) is 6.08. The molecule has 0 bridgehead atoms. The van der Waals surface area contributed by atoms with Crippen LogP contribution in [0.1, 0.15) is 41.6 Å². The van der Waals surface area contributed by atoms with E-state index in [1.54, 1.807) is 31.4 Å². The number of ether oxygens (including phenoxy) is 1. The largest absolute Gasteiger partial charge is 0.468 e. The van der Waals surface area contributed by atoms with Crippen molar-refractivity contribution in [3.63, 3.8) is 0 Å². The Kier molecular flexibility index (Phi) is 7.18. The van der Waals surface area contributed by atoms with Crippen LogP contribution in [0.4, 0.5) is 0 Å². The minimum absolute atomic E-state index is 0.0585. The van der Waals surface area contributed by atoms with Crippen molar-refractivity contribution in [2.75, 3.05) is 26.7 Å². The van der Waals surface area contributed by atoms with Gasteiger partial charge < -0.3 is 9.15 Å². The van der Waals surface area contributed by atoms with E-state index < -0.39 is 16.0 Å².